The lowest BCUT2D eigenvalue weighted by Crippen LogP contribution is -2.19. The number of aromatic nitrogens is 1. The van der Waals surface area contributed by atoms with Crippen LogP contribution in [0, 0.1) is 12.3 Å². The van der Waals surface area contributed by atoms with Gasteiger partial charge in [0.15, 0.2) is 11.5 Å². The van der Waals surface area contributed by atoms with Crippen LogP contribution in [0.15, 0.2) is 58.5 Å². The zero-order valence-electron chi connectivity index (χ0n) is 20.6. The van der Waals surface area contributed by atoms with E-state index in [0.717, 1.165) is 45.6 Å². The van der Waals surface area contributed by atoms with Gasteiger partial charge in [-0.25, -0.2) is 0 Å². The number of rotatable bonds is 9. The SMILES string of the molecule is C#CC(ON=C1c2cc(OC)c(OC)cc2-c2[nH]c3ccc(OCCN(C)C)cc3c21)c1ccoc1. The second-order valence-corrected chi connectivity index (χ2v) is 8.64. The van der Waals surface area contributed by atoms with Crippen LogP contribution in [-0.2, 0) is 4.84 Å². The van der Waals surface area contributed by atoms with Crippen molar-refractivity contribution in [1.29, 1.82) is 0 Å². The summed E-state index contributed by atoms with van der Waals surface area (Å²) >= 11 is 0. The van der Waals surface area contributed by atoms with Crippen molar-refractivity contribution in [3.8, 4) is 40.8 Å². The Bertz CT molecular complexity index is 1460. The van der Waals surface area contributed by atoms with Crippen molar-refractivity contribution < 1.29 is 23.5 Å². The number of furan rings is 1. The Kier molecular flexibility index (Phi) is 6.32. The predicted octanol–water partition coefficient (Wildman–Crippen LogP) is 4.84. The number of ether oxygens (including phenoxy) is 3. The number of oxime groups is 1. The van der Waals surface area contributed by atoms with E-state index in [2.05, 4.69) is 21.0 Å². The Balaban J connectivity index is 1.62. The zero-order valence-corrected chi connectivity index (χ0v) is 20.6. The number of benzene rings is 2. The van der Waals surface area contributed by atoms with Gasteiger partial charge in [0.2, 0.25) is 6.10 Å². The number of likely N-dealkylation sites (N-methyl/N-ethyl adjacent to an activating group) is 1. The number of H-pyrrole nitrogens is 1. The third kappa shape index (κ3) is 4.14. The Labute approximate surface area is 209 Å². The molecule has 1 N–H and O–H groups in total. The summed E-state index contributed by atoms with van der Waals surface area (Å²) in [4.78, 5) is 11.5. The van der Waals surface area contributed by atoms with Crippen molar-refractivity contribution in [2.75, 3.05) is 41.5 Å². The first-order valence-electron chi connectivity index (χ1n) is 11.5. The molecule has 2 aromatic heterocycles. The Morgan fingerprint density at radius 2 is 1.86 bits per heavy atom. The molecule has 1 aliphatic rings. The van der Waals surface area contributed by atoms with Crippen molar-refractivity contribution in [3.63, 3.8) is 0 Å². The summed E-state index contributed by atoms with van der Waals surface area (Å²) in [5, 5.41) is 5.53. The fourth-order valence-electron chi connectivity index (χ4n) is 4.28. The number of nitrogens with one attached hydrogen (secondary N) is 1. The first kappa shape index (κ1) is 23.4. The monoisotopic (exact) mass is 485 g/mol. The predicted molar refractivity (Wildman–Crippen MR) is 138 cm³/mol. The molecule has 2 aromatic carbocycles. The minimum absolute atomic E-state index is 0.582. The highest BCUT2D eigenvalue weighted by Gasteiger charge is 2.32. The Morgan fingerprint density at radius 1 is 1.08 bits per heavy atom. The molecule has 2 heterocycles. The summed E-state index contributed by atoms with van der Waals surface area (Å²) in [6, 6.07) is 11.6. The van der Waals surface area contributed by atoms with E-state index < -0.39 is 6.10 Å². The smallest absolute Gasteiger partial charge is 0.215 e. The fraction of sp³-hybridized carbons (Fsp3) is 0.250. The average Bonchev–Trinajstić information content (AvgIpc) is 3.60. The topological polar surface area (TPSA) is 81.4 Å². The van der Waals surface area contributed by atoms with Crippen molar-refractivity contribution in [2.24, 2.45) is 5.16 Å². The number of aromatic amines is 1. The van der Waals surface area contributed by atoms with E-state index in [0.29, 0.717) is 29.4 Å². The van der Waals surface area contributed by atoms with E-state index in [1.54, 1.807) is 32.8 Å². The van der Waals surface area contributed by atoms with Crippen molar-refractivity contribution >= 4 is 16.6 Å². The van der Waals surface area contributed by atoms with Crippen molar-refractivity contribution in [2.45, 2.75) is 6.10 Å². The fourth-order valence-corrected chi connectivity index (χ4v) is 4.28. The van der Waals surface area contributed by atoms with Gasteiger partial charge in [0.05, 0.1) is 32.4 Å². The van der Waals surface area contributed by atoms with Gasteiger partial charge in [-0.1, -0.05) is 11.1 Å². The van der Waals surface area contributed by atoms with Crippen molar-refractivity contribution in [3.05, 3.63) is 65.6 Å². The van der Waals surface area contributed by atoms with Crippen LogP contribution >= 0.6 is 0 Å². The molecular weight excluding hydrogens is 458 g/mol. The van der Waals surface area contributed by atoms with E-state index in [1.165, 1.54) is 0 Å². The van der Waals surface area contributed by atoms with E-state index in [9.17, 15) is 0 Å². The maximum absolute atomic E-state index is 6.00. The minimum atomic E-state index is -0.695. The van der Waals surface area contributed by atoms with Gasteiger partial charge in [0.1, 0.15) is 18.1 Å². The van der Waals surface area contributed by atoms with Crippen LogP contribution in [-0.4, -0.2) is 57.1 Å². The van der Waals surface area contributed by atoms with E-state index in [4.69, 9.17) is 29.9 Å². The third-order valence-corrected chi connectivity index (χ3v) is 6.11. The Hall–Kier alpha value is -4.35. The van der Waals surface area contributed by atoms with Gasteiger partial charge in [-0.15, -0.1) is 6.42 Å². The van der Waals surface area contributed by atoms with Gasteiger partial charge in [0.25, 0.3) is 0 Å². The lowest BCUT2D eigenvalue weighted by atomic mass is 10.1. The zero-order chi connectivity index (χ0) is 25.2. The molecule has 8 nitrogen and oxygen atoms in total. The van der Waals surface area contributed by atoms with Crippen LogP contribution in [0.4, 0.5) is 0 Å². The molecule has 0 amide bonds. The number of methoxy groups -OCH3 is 2. The largest absolute Gasteiger partial charge is 0.493 e. The second kappa shape index (κ2) is 9.72. The molecule has 0 bridgehead atoms. The first-order valence-corrected chi connectivity index (χ1v) is 11.5. The van der Waals surface area contributed by atoms with Crippen LogP contribution in [0.1, 0.15) is 22.8 Å². The molecule has 0 aliphatic heterocycles. The molecule has 8 heteroatoms. The molecule has 5 rings (SSSR count). The molecule has 0 fully saturated rings. The van der Waals surface area contributed by atoms with Crippen LogP contribution in [0.25, 0.3) is 22.2 Å². The number of nitrogens with zero attached hydrogens (tertiary/aromatic N) is 2. The highest BCUT2D eigenvalue weighted by Crippen LogP contribution is 2.46. The van der Waals surface area contributed by atoms with Crippen LogP contribution < -0.4 is 14.2 Å². The highest BCUT2D eigenvalue weighted by atomic mass is 16.6. The summed E-state index contributed by atoms with van der Waals surface area (Å²) in [6.45, 7) is 1.40. The summed E-state index contributed by atoms with van der Waals surface area (Å²) in [5.74, 6) is 4.61. The van der Waals surface area contributed by atoms with Gasteiger partial charge >= 0.3 is 0 Å². The lowest BCUT2D eigenvalue weighted by molar-refractivity contribution is 0.0996. The standard InChI is InChI=1S/C28H27N3O5/c1-6-23(17-9-11-34-16-17)36-30-28-20-15-25(33-5)24(32-4)14-19(20)27-26(28)21-13-18(7-8-22(21)29-27)35-12-10-31(2)3/h1,7-9,11,13-16,23,29H,10,12H2,2-5H3. The molecule has 1 aliphatic carbocycles. The summed E-state index contributed by atoms with van der Waals surface area (Å²) in [6.07, 6.45) is 8.14. The molecule has 1 unspecified atom stereocenters. The minimum Gasteiger partial charge on any atom is -0.493 e. The highest BCUT2D eigenvalue weighted by molar-refractivity contribution is 6.30. The molecule has 36 heavy (non-hydrogen) atoms. The second-order valence-electron chi connectivity index (χ2n) is 8.64. The third-order valence-electron chi connectivity index (χ3n) is 6.11. The molecule has 0 radical (unpaired) electrons. The number of fused-ring (bicyclic) bond motifs is 5. The van der Waals surface area contributed by atoms with Gasteiger partial charge < -0.3 is 33.3 Å². The van der Waals surface area contributed by atoms with E-state index in [1.807, 2.05) is 44.4 Å². The first-order chi connectivity index (χ1) is 17.5. The van der Waals surface area contributed by atoms with E-state index in [-0.39, 0.29) is 0 Å². The molecule has 4 aromatic rings. The summed E-state index contributed by atoms with van der Waals surface area (Å²) < 4.78 is 22.3. The maximum Gasteiger partial charge on any atom is 0.215 e. The van der Waals surface area contributed by atoms with E-state index >= 15 is 0 Å². The van der Waals surface area contributed by atoms with Gasteiger partial charge in [-0.05, 0) is 50.5 Å². The molecule has 0 saturated carbocycles. The van der Waals surface area contributed by atoms with Crippen LogP contribution in [0.5, 0.6) is 17.2 Å². The number of terminal acetylenes is 1. The lowest BCUT2D eigenvalue weighted by Gasteiger charge is -2.12. The van der Waals surface area contributed by atoms with Crippen LogP contribution in [0.2, 0.25) is 0 Å². The van der Waals surface area contributed by atoms with Gasteiger partial charge in [-0.2, -0.15) is 0 Å². The van der Waals surface area contributed by atoms with Crippen molar-refractivity contribution in [1.82, 2.24) is 9.88 Å². The molecule has 0 saturated heterocycles. The van der Waals surface area contributed by atoms with Crippen LogP contribution in [0.3, 0.4) is 0 Å². The van der Waals surface area contributed by atoms with Gasteiger partial charge in [-0.3, -0.25) is 0 Å². The normalized spacial score (nSPS) is 13.9. The number of hydrogen-bond donors (Lipinski definition) is 1. The summed E-state index contributed by atoms with van der Waals surface area (Å²) in [5.41, 5.74) is 5.89. The number of hydrogen-bond acceptors (Lipinski definition) is 7. The molecule has 184 valence electrons. The molecular formula is C28H27N3O5. The Morgan fingerprint density at radius 3 is 2.53 bits per heavy atom. The average molecular weight is 486 g/mol. The maximum atomic E-state index is 6.00. The quantitative estimate of drug-likeness (QED) is 0.238. The molecule has 1 atom stereocenters. The van der Waals surface area contributed by atoms with Gasteiger partial charge in [0, 0.05) is 39.7 Å². The summed E-state index contributed by atoms with van der Waals surface area (Å²) in [7, 11) is 7.25. The molecule has 0 spiro atoms.